The lowest BCUT2D eigenvalue weighted by atomic mass is 10.2. The topological polar surface area (TPSA) is 94.7 Å². The maximum absolute atomic E-state index is 6.37. The van der Waals surface area contributed by atoms with E-state index in [1.165, 1.54) is 12.5 Å². The number of hydrogen-bond acceptors (Lipinski definition) is 7. The van der Waals surface area contributed by atoms with E-state index in [4.69, 9.17) is 26.9 Å². The summed E-state index contributed by atoms with van der Waals surface area (Å²) in [6.45, 7) is 2.73. The summed E-state index contributed by atoms with van der Waals surface area (Å²) < 4.78 is 5.79. The van der Waals surface area contributed by atoms with Gasteiger partial charge >= 0.3 is 0 Å². The standard InChI is InChI=1S/C20H20ClN5O2/c1-2-28-25-11-16-19(22)23-13-24-20(16)26-15-8-9-18(17(21)10-15)27-12-14-6-4-3-5-7-14/h3-11,13H,2,12H2,1H3,(H3,22,23,24,26). The van der Waals surface area contributed by atoms with Crippen LogP contribution in [-0.2, 0) is 11.4 Å². The molecule has 1 heterocycles. The molecular weight excluding hydrogens is 378 g/mol. The Morgan fingerprint density at radius 3 is 2.75 bits per heavy atom. The Kier molecular flexibility index (Phi) is 6.64. The van der Waals surface area contributed by atoms with Crippen molar-refractivity contribution in [2.24, 2.45) is 5.16 Å². The molecule has 0 fully saturated rings. The van der Waals surface area contributed by atoms with E-state index in [-0.39, 0.29) is 5.82 Å². The third kappa shape index (κ3) is 5.11. The molecule has 0 bridgehead atoms. The normalized spacial score (nSPS) is 10.8. The SMILES string of the molecule is CCON=Cc1c(N)ncnc1Nc1ccc(OCc2ccccc2)c(Cl)c1. The average Bonchev–Trinajstić information content (AvgIpc) is 2.70. The van der Waals surface area contributed by atoms with E-state index in [9.17, 15) is 0 Å². The van der Waals surface area contributed by atoms with Gasteiger partial charge in [-0.25, -0.2) is 9.97 Å². The molecule has 0 aliphatic rings. The number of ether oxygens (including phenoxy) is 1. The molecule has 0 saturated heterocycles. The van der Waals surface area contributed by atoms with Gasteiger partial charge in [-0.3, -0.25) is 0 Å². The number of anilines is 3. The first-order valence-corrected chi connectivity index (χ1v) is 9.04. The van der Waals surface area contributed by atoms with E-state index in [2.05, 4.69) is 20.4 Å². The van der Waals surface area contributed by atoms with Gasteiger partial charge in [0.25, 0.3) is 0 Å². The Labute approximate surface area is 168 Å². The molecule has 0 aliphatic heterocycles. The van der Waals surface area contributed by atoms with Gasteiger partial charge in [0.05, 0.1) is 16.8 Å². The van der Waals surface area contributed by atoms with Crippen LogP contribution in [0.5, 0.6) is 5.75 Å². The fourth-order valence-electron chi connectivity index (χ4n) is 2.37. The van der Waals surface area contributed by atoms with Crippen LogP contribution in [0.1, 0.15) is 18.1 Å². The molecule has 0 radical (unpaired) electrons. The minimum absolute atomic E-state index is 0.287. The minimum Gasteiger partial charge on any atom is -0.487 e. The van der Waals surface area contributed by atoms with E-state index in [0.29, 0.717) is 35.4 Å². The molecular formula is C20H20ClN5O2. The molecule has 28 heavy (non-hydrogen) atoms. The molecule has 144 valence electrons. The number of benzene rings is 2. The summed E-state index contributed by atoms with van der Waals surface area (Å²) in [5.41, 5.74) is 8.24. The molecule has 1 aromatic heterocycles. The van der Waals surface area contributed by atoms with E-state index in [1.807, 2.05) is 43.3 Å². The van der Waals surface area contributed by atoms with Crippen molar-refractivity contribution < 1.29 is 9.57 Å². The van der Waals surface area contributed by atoms with Crippen LogP contribution in [0.4, 0.5) is 17.3 Å². The van der Waals surface area contributed by atoms with Crippen molar-refractivity contribution in [1.82, 2.24) is 9.97 Å². The van der Waals surface area contributed by atoms with Crippen molar-refractivity contribution in [2.45, 2.75) is 13.5 Å². The zero-order valence-electron chi connectivity index (χ0n) is 15.3. The number of oxime groups is 1. The second kappa shape index (κ2) is 9.57. The first-order chi connectivity index (χ1) is 13.7. The number of nitrogen functional groups attached to an aromatic ring is 1. The van der Waals surface area contributed by atoms with Crippen molar-refractivity contribution in [3.05, 3.63) is 71.0 Å². The van der Waals surface area contributed by atoms with Crippen LogP contribution in [0, 0.1) is 0 Å². The Morgan fingerprint density at radius 2 is 2.00 bits per heavy atom. The number of aromatic nitrogens is 2. The van der Waals surface area contributed by atoms with Crippen molar-refractivity contribution in [3.8, 4) is 5.75 Å². The Hall–Kier alpha value is -3.32. The van der Waals surface area contributed by atoms with Gasteiger partial charge < -0.3 is 20.6 Å². The maximum Gasteiger partial charge on any atom is 0.144 e. The fourth-order valence-corrected chi connectivity index (χ4v) is 2.60. The van der Waals surface area contributed by atoms with Crippen molar-refractivity contribution >= 4 is 35.1 Å². The van der Waals surface area contributed by atoms with Crippen LogP contribution in [0.2, 0.25) is 5.02 Å². The summed E-state index contributed by atoms with van der Waals surface area (Å²) >= 11 is 6.37. The van der Waals surface area contributed by atoms with Crippen molar-refractivity contribution in [2.75, 3.05) is 17.7 Å². The van der Waals surface area contributed by atoms with Gasteiger partial charge in [-0.1, -0.05) is 47.1 Å². The Balaban J connectivity index is 1.73. The zero-order chi connectivity index (χ0) is 19.8. The number of nitrogens with two attached hydrogens (primary N) is 1. The van der Waals surface area contributed by atoms with Crippen LogP contribution < -0.4 is 15.8 Å². The van der Waals surface area contributed by atoms with Crippen molar-refractivity contribution in [1.29, 1.82) is 0 Å². The molecule has 0 atom stereocenters. The van der Waals surface area contributed by atoms with Crippen LogP contribution in [-0.4, -0.2) is 22.8 Å². The van der Waals surface area contributed by atoms with E-state index in [1.54, 1.807) is 12.1 Å². The monoisotopic (exact) mass is 397 g/mol. The molecule has 7 nitrogen and oxygen atoms in total. The molecule has 3 rings (SSSR count). The van der Waals surface area contributed by atoms with Gasteiger partial charge in [0.2, 0.25) is 0 Å². The van der Waals surface area contributed by atoms with Gasteiger partial charge in [-0.05, 0) is 30.7 Å². The quantitative estimate of drug-likeness (QED) is 0.432. The van der Waals surface area contributed by atoms with Crippen LogP contribution in [0.15, 0.2) is 60.0 Å². The second-order valence-corrected chi connectivity index (χ2v) is 6.13. The van der Waals surface area contributed by atoms with E-state index in [0.717, 1.165) is 11.3 Å². The predicted octanol–water partition coefficient (Wildman–Crippen LogP) is 4.41. The number of nitrogens with zero attached hydrogens (tertiary/aromatic N) is 3. The summed E-state index contributed by atoms with van der Waals surface area (Å²) in [5.74, 6) is 1.37. The molecule has 0 amide bonds. The van der Waals surface area contributed by atoms with Crippen molar-refractivity contribution in [3.63, 3.8) is 0 Å². The molecule has 2 aromatic carbocycles. The van der Waals surface area contributed by atoms with E-state index < -0.39 is 0 Å². The van der Waals surface area contributed by atoms with Gasteiger partial charge in [-0.15, -0.1) is 0 Å². The molecule has 3 aromatic rings. The largest absolute Gasteiger partial charge is 0.487 e. The van der Waals surface area contributed by atoms with E-state index >= 15 is 0 Å². The summed E-state index contributed by atoms with van der Waals surface area (Å²) in [6, 6.07) is 15.3. The second-order valence-electron chi connectivity index (χ2n) is 5.72. The smallest absolute Gasteiger partial charge is 0.144 e. The highest BCUT2D eigenvalue weighted by Crippen LogP contribution is 2.30. The fraction of sp³-hybridized carbons (Fsp3) is 0.150. The van der Waals surface area contributed by atoms with Gasteiger partial charge in [0.1, 0.15) is 36.9 Å². The number of hydrogen-bond donors (Lipinski definition) is 2. The minimum atomic E-state index is 0.287. The van der Waals surface area contributed by atoms with Crippen LogP contribution >= 0.6 is 11.6 Å². The Bertz CT molecular complexity index is 951. The first kappa shape index (κ1) is 19.4. The van der Waals surface area contributed by atoms with Gasteiger partial charge in [0, 0.05) is 5.69 Å². The Morgan fingerprint density at radius 1 is 1.18 bits per heavy atom. The lowest BCUT2D eigenvalue weighted by molar-refractivity contribution is 0.160. The molecule has 0 unspecified atom stereocenters. The van der Waals surface area contributed by atoms with Gasteiger partial charge in [0.15, 0.2) is 0 Å². The highest BCUT2D eigenvalue weighted by atomic mass is 35.5. The van der Waals surface area contributed by atoms with Crippen LogP contribution in [0.3, 0.4) is 0 Å². The third-order valence-corrected chi connectivity index (χ3v) is 4.03. The molecule has 0 saturated carbocycles. The highest BCUT2D eigenvalue weighted by Gasteiger charge is 2.10. The molecule has 3 N–H and O–H groups in total. The average molecular weight is 398 g/mol. The summed E-state index contributed by atoms with van der Waals surface area (Å²) in [5, 5.41) is 7.48. The number of nitrogens with one attached hydrogen (secondary N) is 1. The summed E-state index contributed by atoms with van der Waals surface area (Å²) in [7, 11) is 0. The number of halogens is 1. The summed E-state index contributed by atoms with van der Waals surface area (Å²) in [4.78, 5) is 13.2. The molecule has 0 spiro atoms. The lowest BCUT2D eigenvalue weighted by Crippen LogP contribution is -2.05. The predicted molar refractivity (Wildman–Crippen MR) is 111 cm³/mol. The lowest BCUT2D eigenvalue weighted by Gasteiger charge is -2.12. The maximum atomic E-state index is 6.37. The first-order valence-electron chi connectivity index (χ1n) is 8.66. The molecule has 0 aliphatic carbocycles. The highest BCUT2D eigenvalue weighted by molar-refractivity contribution is 6.32. The number of rotatable bonds is 8. The van der Waals surface area contributed by atoms with Gasteiger partial charge in [-0.2, -0.15) is 0 Å². The molecule has 8 heteroatoms. The van der Waals surface area contributed by atoms with Crippen LogP contribution in [0.25, 0.3) is 0 Å². The third-order valence-electron chi connectivity index (χ3n) is 3.73. The summed E-state index contributed by atoms with van der Waals surface area (Å²) in [6.07, 6.45) is 2.84. The zero-order valence-corrected chi connectivity index (χ0v) is 16.1.